The molecule has 1 unspecified atom stereocenters. The second kappa shape index (κ2) is 7.19. The van der Waals surface area contributed by atoms with Crippen molar-refractivity contribution in [2.75, 3.05) is 6.54 Å². The highest BCUT2D eigenvalue weighted by molar-refractivity contribution is 7.12. The first-order chi connectivity index (χ1) is 9.65. The number of carbonyl (C=O) groups is 1. The number of thiophene rings is 1. The molecule has 5 heteroatoms. The Morgan fingerprint density at radius 1 is 1.15 bits per heavy atom. The minimum Gasteiger partial charge on any atom is -0.481 e. The highest BCUT2D eigenvalue weighted by Gasteiger charge is 2.07. The summed E-state index contributed by atoms with van der Waals surface area (Å²) < 4.78 is 0. The van der Waals surface area contributed by atoms with E-state index in [-0.39, 0.29) is 6.42 Å². The molecule has 1 atom stereocenters. The van der Waals surface area contributed by atoms with Crippen LogP contribution in [-0.4, -0.2) is 22.7 Å². The van der Waals surface area contributed by atoms with Crippen LogP contribution in [0.4, 0.5) is 0 Å². The molecule has 3 N–H and O–H groups in total. The van der Waals surface area contributed by atoms with Crippen molar-refractivity contribution < 1.29 is 15.0 Å². The normalized spacial score (nSPS) is 12.2. The summed E-state index contributed by atoms with van der Waals surface area (Å²) in [5.41, 5.74) is 0.887. The lowest BCUT2D eigenvalue weighted by atomic mass is 10.1. The first-order valence-electron chi connectivity index (χ1n) is 6.38. The molecule has 0 spiro atoms. The number of rotatable bonds is 7. The zero-order chi connectivity index (χ0) is 14.4. The van der Waals surface area contributed by atoms with Crippen LogP contribution >= 0.6 is 11.3 Å². The molecule has 0 fully saturated rings. The number of aliphatic hydroxyl groups excluding tert-OH is 1. The zero-order valence-electron chi connectivity index (χ0n) is 11.0. The lowest BCUT2D eigenvalue weighted by molar-refractivity contribution is -0.136. The van der Waals surface area contributed by atoms with Crippen LogP contribution in [0.25, 0.3) is 0 Å². The van der Waals surface area contributed by atoms with Gasteiger partial charge in [0.2, 0.25) is 0 Å². The highest BCUT2D eigenvalue weighted by Crippen LogP contribution is 2.17. The van der Waals surface area contributed by atoms with Gasteiger partial charge >= 0.3 is 5.97 Å². The van der Waals surface area contributed by atoms with Gasteiger partial charge in [0.1, 0.15) is 0 Å². The molecule has 0 radical (unpaired) electrons. The number of hydrogen-bond acceptors (Lipinski definition) is 4. The van der Waals surface area contributed by atoms with Gasteiger partial charge in [-0.1, -0.05) is 30.3 Å². The molecule has 1 heterocycles. The Morgan fingerprint density at radius 2 is 1.85 bits per heavy atom. The predicted molar refractivity (Wildman–Crippen MR) is 78.8 cm³/mol. The van der Waals surface area contributed by atoms with E-state index in [2.05, 4.69) is 5.32 Å². The number of benzene rings is 1. The molecule has 1 aromatic heterocycles. The van der Waals surface area contributed by atoms with Crippen molar-refractivity contribution in [1.82, 2.24) is 5.32 Å². The van der Waals surface area contributed by atoms with Crippen LogP contribution in [0.5, 0.6) is 0 Å². The third kappa shape index (κ3) is 4.45. The van der Waals surface area contributed by atoms with Crippen LogP contribution in [0.3, 0.4) is 0 Å². The molecule has 4 nitrogen and oxygen atoms in total. The summed E-state index contributed by atoms with van der Waals surface area (Å²) in [5.74, 6) is -0.814. The van der Waals surface area contributed by atoms with E-state index in [1.165, 1.54) is 11.3 Å². The molecule has 0 aliphatic heterocycles. The monoisotopic (exact) mass is 291 g/mol. The molecule has 0 aliphatic rings. The quantitative estimate of drug-likeness (QED) is 0.731. The molecular weight excluding hydrogens is 274 g/mol. The Labute approximate surface area is 121 Å². The van der Waals surface area contributed by atoms with Crippen LogP contribution in [0.1, 0.15) is 21.4 Å². The maximum absolute atomic E-state index is 10.6. The summed E-state index contributed by atoms with van der Waals surface area (Å²) in [4.78, 5) is 12.5. The molecule has 106 valence electrons. The average molecular weight is 291 g/mol. The molecule has 0 aliphatic carbocycles. The summed E-state index contributed by atoms with van der Waals surface area (Å²) >= 11 is 1.48. The van der Waals surface area contributed by atoms with Crippen LogP contribution in [-0.2, 0) is 17.8 Å². The molecule has 0 saturated carbocycles. The van der Waals surface area contributed by atoms with Crippen molar-refractivity contribution in [1.29, 1.82) is 0 Å². The molecule has 1 aromatic carbocycles. The lowest BCUT2D eigenvalue weighted by Crippen LogP contribution is -2.20. The summed E-state index contributed by atoms with van der Waals surface area (Å²) in [6, 6.07) is 13.3. The van der Waals surface area contributed by atoms with E-state index in [1.807, 2.05) is 42.5 Å². The van der Waals surface area contributed by atoms with Crippen molar-refractivity contribution in [2.24, 2.45) is 0 Å². The minimum absolute atomic E-state index is 0.0668. The van der Waals surface area contributed by atoms with Gasteiger partial charge in [-0.15, -0.1) is 11.3 Å². The second-order valence-corrected chi connectivity index (χ2v) is 5.75. The minimum atomic E-state index is -0.814. The Balaban J connectivity index is 1.78. The standard InChI is InChI=1S/C15H17NO3S/c17-14(11-4-2-1-3-5-11)10-16-9-13-7-6-12(20-13)8-15(18)19/h1-7,14,16-17H,8-10H2,(H,18,19). The molecule has 0 amide bonds. The molecular formula is C15H17NO3S. The van der Waals surface area contributed by atoms with Crippen molar-refractivity contribution >= 4 is 17.3 Å². The average Bonchev–Trinajstić information content (AvgIpc) is 2.86. The molecule has 2 aromatic rings. The van der Waals surface area contributed by atoms with Crippen LogP contribution in [0, 0.1) is 0 Å². The van der Waals surface area contributed by atoms with E-state index < -0.39 is 12.1 Å². The number of carboxylic acids is 1. The molecule has 2 rings (SSSR count). The Kier molecular flexibility index (Phi) is 5.29. The molecule has 0 saturated heterocycles. The fourth-order valence-electron chi connectivity index (χ4n) is 1.89. The van der Waals surface area contributed by atoms with E-state index in [4.69, 9.17) is 5.11 Å². The number of hydrogen-bond donors (Lipinski definition) is 3. The fourth-order valence-corrected chi connectivity index (χ4v) is 2.87. The van der Waals surface area contributed by atoms with Crippen LogP contribution in [0.15, 0.2) is 42.5 Å². The Hall–Kier alpha value is -1.69. The topological polar surface area (TPSA) is 69.6 Å². The van der Waals surface area contributed by atoms with E-state index >= 15 is 0 Å². The van der Waals surface area contributed by atoms with Gasteiger partial charge in [0.25, 0.3) is 0 Å². The van der Waals surface area contributed by atoms with Gasteiger partial charge in [0.15, 0.2) is 0 Å². The van der Waals surface area contributed by atoms with E-state index in [1.54, 1.807) is 0 Å². The Bertz CT molecular complexity index is 553. The number of aliphatic carboxylic acids is 1. The number of nitrogens with one attached hydrogen (secondary N) is 1. The number of carboxylic acid groups (broad SMARTS) is 1. The van der Waals surface area contributed by atoms with Gasteiger partial charge in [0.05, 0.1) is 12.5 Å². The summed E-state index contributed by atoms with van der Waals surface area (Å²) in [6.45, 7) is 1.10. The SMILES string of the molecule is O=C(O)Cc1ccc(CNCC(O)c2ccccc2)s1. The highest BCUT2D eigenvalue weighted by atomic mass is 32.1. The number of aliphatic hydroxyl groups is 1. The van der Waals surface area contributed by atoms with Gasteiger partial charge in [0, 0.05) is 22.8 Å². The smallest absolute Gasteiger partial charge is 0.308 e. The molecule has 20 heavy (non-hydrogen) atoms. The van der Waals surface area contributed by atoms with Crippen LogP contribution < -0.4 is 5.32 Å². The first kappa shape index (κ1) is 14.7. The third-order valence-corrected chi connectivity index (χ3v) is 3.95. The maximum Gasteiger partial charge on any atom is 0.308 e. The predicted octanol–water partition coefficient (Wildman–Crippen LogP) is 2.20. The van der Waals surface area contributed by atoms with Crippen molar-refractivity contribution in [3.63, 3.8) is 0 Å². The van der Waals surface area contributed by atoms with Gasteiger partial charge in [-0.3, -0.25) is 4.79 Å². The van der Waals surface area contributed by atoms with E-state index in [0.29, 0.717) is 13.1 Å². The third-order valence-electron chi connectivity index (χ3n) is 2.86. The Morgan fingerprint density at radius 3 is 2.55 bits per heavy atom. The van der Waals surface area contributed by atoms with E-state index in [0.717, 1.165) is 15.3 Å². The fraction of sp³-hybridized carbons (Fsp3) is 0.267. The van der Waals surface area contributed by atoms with Crippen molar-refractivity contribution in [3.05, 3.63) is 57.8 Å². The van der Waals surface area contributed by atoms with Gasteiger partial charge in [-0.25, -0.2) is 0 Å². The molecule has 0 bridgehead atoms. The van der Waals surface area contributed by atoms with Gasteiger partial charge in [-0.2, -0.15) is 0 Å². The summed E-state index contributed by atoms with van der Waals surface area (Å²) in [5, 5.41) is 21.9. The van der Waals surface area contributed by atoms with Crippen molar-refractivity contribution in [3.8, 4) is 0 Å². The van der Waals surface area contributed by atoms with Crippen LogP contribution in [0.2, 0.25) is 0 Å². The van der Waals surface area contributed by atoms with Gasteiger partial charge < -0.3 is 15.5 Å². The van der Waals surface area contributed by atoms with E-state index in [9.17, 15) is 9.90 Å². The second-order valence-electron chi connectivity index (χ2n) is 4.50. The summed E-state index contributed by atoms with van der Waals surface area (Å²) in [7, 11) is 0. The van der Waals surface area contributed by atoms with Crippen molar-refractivity contribution in [2.45, 2.75) is 19.1 Å². The largest absolute Gasteiger partial charge is 0.481 e. The first-order valence-corrected chi connectivity index (χ1v) is 7.20. The summed E-state index contributed by atoms with van der Waals surface area (Å²) in [6.07, 6.45) is -0.466. The lowest BCUT2D eigenvalue weighted by Gasteiger charge is -2.11. The maximum atomic E-state index is 10.6. The van der Waals surface area contributed by atoms with Gasteiger partial charge in [-0.05, 0) is 17.7 Å². The zero-order valence-corrected chi connectivity index (χ0v) is 11.8.